The van der Waals surface area contributed by atoms with E-state index >= 15 is 0 Å². The van der Waals surface area contributed by atoms with E-state index in [1.165, 1.54) is 38.9 Å². The second kappa shape index (κ2) is 5.25. The molecule has 1 N–H and O–H groups in total. The van der Waals surface area contributed by atoms with Crippen molar-refractivity contribution in [2.24, 2.45) is 0 Å². The fraction of sp³-hybridized carbons (Fsp3) is 1.00. The molecule has 2 rings (SSSR count). The quantitative estimate of drug-likeness (QED) is 0.803. The van der Waals surface area contributed by atoms with Crippen molar-refractivity contribution in [1.29, 1.82) is 0 Å². The van der Waals surface area contributed by atoms with Gasteiger partial charge in [-0.2, -0.15) is 0 Å². The standard InChI is InChI=1S/C14H29N3/c1-5-17-8-6-7-12(17)11-16(4)13-9-14(2,3)15-10-13/h12-13,15H,5-11H2,1-4H3. The number of likely N-dealkylation sites (N-methyl/N-ethyl adjacent to an activating group) is 2. The smallest absolute Gasteiger partial charge is 0.0235 e. The van der Waals surface area contributed by atoms with Crippen LogP contribution < -0.4 is 5.32 Å². The molecule has 2 aliphatic rings. The van der Waals surface area contributed by atoms with E-state index in [2.05, 4.69) is 42.9 Å². The Kier molecular flexibility index (Phi) is 4.11. The zero-order chi connectivity index (χ0) is 12.5. The lowest BCUT2D eigenvalue weighted by molar-refractivity contribution is 0.166. The van der Waals surface area contributed by atoms with Gasteiger partial charge in [0.25, 0.3) is 0 Å². The van der Waals surface area contributed by atoms with Crippen molar-refractivity contribution >= 4 is 0 Å². The van der Waals surface area contributed by atoms with E-state index in [4.69, 9.17) is 0 Å². The molecule has 0 radical (unpaired) electrons. The molecule has 2 fully saturated rings. The molecule has 2 saturated heterocycles. The first-order chi connectivity index (χ1) is 8.02. The molecule has 17 heavy (non-hydrogen) atoms. The van der Waals surface area contributed by atoms with Crippen LogP contribution in [-0.4, -0.2) is 60.6 Å². The van der Waals surface area contributed by atoms with Gasteiger partial charge >= 0.3 is 0 Å². The van der Waals surface area contributed by atoms with Crippen molar-refractivity contribution < 1.29 is 0 Å². The summed E-state index contributed by atoms with van der Waals surface area (Å²) in [7, 11) is 2.31. The van der Waals surface area contributed by atoms with Gasteiger partial charge in [0.15, 0.2) is 0 Å². The highest BCUT2D eigenvalue weighted by Crippen LogP contribution is 2.23. The second-order valence-electron chi connectivity index (χ2n) is 6.49. The van der Waals surface area contributed by atoms with Gasteiger partial charge in [0.1, 0.15) is 0 Å². The highest BCUT2D eigenvalue weighted by Gasteiger charge is 2.34. The normalized spacial score (nSPS) is 33.7. The summed E-state index contributed by atoms with van der Waals surface area (Å²) in [5.41, 5.74) is 0.332. The summed E-state index contributed by atoms with van der Waals surface area (Å²) in [6, 6.07) is 1.53. The first-order valence-electron chi connectivity index (χ1n) is 7.21. The van der Waals surface area contributed by atoms with E-state index in [0.717, 1.165) is 18.6 Å². The number of nitrogens with one attached hydrogen (secondary N) is 1. The van der Waals surface area contributed by atoms with Crippen LogP contribution in [0.2, 0.25) is 0 Å². The molecule has 3 heteroatoms. The minimum absolute atomic E-state index is 0.332. The summed E-state index contributed by atoms with van der Waals surface area (Å²) in [4.78, 5) is 5.23. The Hall–Kier alpha value is -0.120. The van der Waals surface area contributed by atoms with E-state index in [9.17, 15) is 0 Å². The van der Waals surface area contributed by atoms with E-state index in [0.29, 0.717) is 5.54 Å². The highest BCUT2D eigenvalue weighted by molar-refractivity contribution is 4.94. The molecule has 2 heterocycles. The Labute approximate surface area is 107 Å². The molecule has 3 nitrogen and oxygen atoms in total. The van der Waals surface area contributed by atoms with Crippen LogP contribution in [0.3, 0.4) is 0 Å². The molecule has 0 aromatic carbocycles. The fourth-order valence-corrected chi connectivity index (χ4v) is 3.44. The van der Waals surface area contributed by atoms with E-state index in [1.54, 1.807) is 0 Å². The SMILES string of the molecule is CCN1CCCC1CN(C)C1CNC(C)(C)C1. The molecule has 2 aliphatic heterocycles. The predicted molar refractivity (Wildman–Crippen MR) is 73.4 cm³/mol. The minimum Gasteiger partial charge on any atom is -0.310 e. The van der Waals surface area contributed by atoms with E-state index < -0.39 is 0 Å². The zero-order valence-corrected chi connectivity index (χ0v) is 12.0. The summed E-state index contributed by atoms with van der Waals surface area (Å²) < 4.78 is 0. The first kappa shape index (κ1) is 13.3. The maximum atomic E-state index is 3.62. The van der Waals surface area contributed by atoms with Crippen LogP contribution in [0.4, 0.5) is 0 Å². The number of hydrogen-bond donors (Lipinski definition) is 1. The Morgan fingerprint density at radius 3 is 2.76 bits per heavy atom. The Bertz CT molecular complexity index is 252. The van der Waals surface area contributed by atoms with E-state index in [-0.39, 0.29) is 0 Å². The lowest BCUT2D eigenvalue weighted by atomic mass is 10.0. The van der Waals surface area contributed by atoms with Crippen molar-refractivity contribution in [2.75, 3.05) is 33.2 Å². The van der Waals surface area contributed by atoms with Crippen LogP contribution in [-0.2, 0) is 0 Å². The summed E-state index contributed by atoms with van der Waals surface area (Å²) in [6.45, 7) is 11.8. The molecule has 0 aromatic heterocycles. The molecule has 0 amide bonds. The Morgan fingerprint density at radius 1 is 1.41 bits per heavy atom. The molecule has 2 unspecified atom stereocenters. The molecule has 0 bridgehead atoms. The van der Waals surface area contributed by atoms with E-state index in [1.807, 2.05) is 0 Å². The lowest BCUT2D eigenvalue weighted by Gasteiger charge is -2.31. The maximum Gasteiger partial charge on any atom is 0.0235 e. The molecule has 100 valence electrons. The van der Waals surface area contributed by atoms with Crippen molar-refractivity contribution in [2.45, 2.75) is 57.7 Å². The van der Waals surface area contributed by atoms with Crippen LogP contribution in [0.5, 0.6) is 0 Å². The van der Waals surface area contributed by atoms with Crippen molar-refractivity contribution in [1.82, 2.24) is 15.1 Å². The minimum atomic E-state index is 0.332. The van der Waals surface area contributed by atoms with Crippen LogP contribution >= 0.6 is 0 Å². The summed E-state index contributed by atoms with van der Waals surface area (Å²) in [6.07, 6.45) is 4.06. The molecular weight excluding hydrogens is 210 g/mol. The lowest BCUT2D eigenvalue weighted by Crippen LogP contribution is -2.43. The fourth-order valence-electron chi connectivity index (χ4n) is 3.44. The van der Waals surface area contributed by atoms with Gasteiger partial charge in [0.2, 0.25) is 0 Å². The third-order valence-electron chi connectivity index (χ3n) is 4.59. The Balaban J connectivity index is 1.83. The highest BCUT2D eigenvalue weighted by atomic mass is 15.3. The largest absolute Gasteiger partial charge is 0.310 e. The summed E-state index contributed by atoms with van der Waals surface area (Å²) in [5, 5.41) is 3.62. The van der Waals surface area contributed by atoms with Gasteiger partial charge in [-0.15, -0.1) is 0 Å². The van der Waals surface area contributed by atoms with Crippen molar-refractivity contribution in [3.63, 3.8) is 0 Å². The average molecular weight is 239 g/mol. The van der Waals surface area contributed by atoms with Gasteiger partial charge in [0.05, 0.1) is 0 Å². The molecule has 0 aliphatic carbocycles. The Morgan fingerprint density at radius 2 is 2.18 bits per heavy atom. The van der Waals surface area contributed by atoms with Crippen LogP contribution in [0.15, 0.2) is 0 Å². The van der Waals surface area contributed by atoms with Crippen molar-refractivity contribution in [3.8, 4) is 0 Å². The van der Waals surface area contributed by atoms with Gasteiger partial charge in [-0.05, 0) is 53.2 Å². The number of rotatable bonds is 4. The first-order valence-corrected chi connectivity index (χ1v) is 7.21. The maximum absolute atomic E-state index is 3.62. The number of nitrogens with zero attached hydrogens (tertiary/aromatic N) is 2. The van der Waals surface area contributed by atoms with Crippen LogP contribution in [0.1, 0.15) is 40.0 Å². The molecular formula is C14H29N3. The predicted octanol–water partition coefficient (Wildman–Crippen LogP) is 1.54. The van der Waals surface area contributed by atoms with Gasteiger partial charge in [-0.25, -0.2) is 0 Å². The average Bonchev–Trinajstić information content (AvgIpc) is 2.84. The zero-order valence-electron chi connectivity index (χ0n) is 12.0. The van der Waals surface area contributed by atoms with Gasteiger partial charge in [-0.3, -0.25) is 4.90 Å². The molecule has 0 saturated carbocycles. The third kappa shape index (κ3) is 3.21. The summed E-state index contributed by atoms with van der Waals surface area (Å²) in [5.74, 6) is 0. The molecule has 0 aromatic rings. The van der Waals surface area contributed by atoms with Gasteiger partial charge < -0.3 is 10.2 Å². The van der Waals surface area contributed by atoms with Gasteiger partial charge in [-0.1, -0.05) is 6.92 Å². The van der Waals surface area contributed by atoms with Crippen LogP contribution in [0.25, 0.3) is 0 Å². The van der Waals surface area contributed by atoms with Crippen molar-refractivity contribution in [3.05, 3.63) is 0 Å². The topological polar surface area (TPSA) is 18.5 Å². The summed E-state index contributed by atoms with van der Waals surface area (Å²) >= 11 is 0. The third-order valence-corrected chi connectivity index (χ3v) is 4.59. The van der Waals surface area contributed by atoms with Gasteiger partial charge in [0, 0.05) is 30.7 Å². The number of hydrogen-bond acceptors (Lipinski definition) is 3. The molecule has 2 atom stereocenters. The number of likely N-dealkylation sites (tertiary alicyclic amines) is 1. The van der Waals surface area contributed by atoms with Crippen LogP contribution in [0, 0.1) is 0 Å². The molecule has 0 spiro atoms. The second-order valence-corrected chi connectivity index (χ2v) is 6.49. The monoisotopic (exact) mass is 239 g/mol.